The number of rotatable bonds is 6. The van der Waals surface area contributed by atoms with Crippen LogP contribution in [0.5, 0.6) is 0 Å². The number of Topliss-reactive ketones (excluding diaryl/α,β-unsaturated/α-hetero) is 1. The van der Waals surface area contributed by atoms with Crippen molar-refractivity contribution in [1.29, 1.82) is 0 Å². The van der Waals surface area contributed by atoms with E-state index in [1.54, 1.807) is 6.92 Å². The first-order valence-electron chi connectivity index (χ1n) is 7.82. The lowest BCUT2D eigenvalue weighted by Crippen LogP contribution is -3.00. The van der Waals surface area contributed by atoms with Gasteiger partial charge in [0.25, 0.3) is 0 Å². The highest BCUT2D eigenvalue weighted by atomic mass is 79.9. The van der Waals surface area contributed by atoms with E-state index in [1.165, 1.54) is 5.56 Å². The molecule has 0 aliphatic rings. The highest BCUT2D eigenvalue weighted by molar-refractivity contribution is 5.96. The van der Waals surface area contributed by atoms with Gasteiger partial charge in [-0.25, -0.2) is 0 Å². The van der Waals surface area contributed by atoms with Crippen LogP contribution in [0.3, 0.4) is 0 Å². The van der Waals surface area contributed by atoms with Crippen molar-refractivity contribution in [1.82, 2.24) is 4.40 Å². The van der Waals surface area contributed by atoms with E-state index in [4.69, 9.17) is 0 Å². The van der Waals surface area contributed by atoms with E-state index in [9.17, 15) is 4.79 Å². The SMILES string of the molecule is C=CC[N+](C)(C)CC(C)c1c(C)c(C(C)=O)n2ccccc12.[Br-]. The maximum absolute atomic E-state index is 12.1. The molecule has 0 aliphatic carbocycles. The molecule has 0 aliphatic heterocycles. The number of nitrogens with zero attached hydrogens (tertiary/aromatic N) is 2. The van der Waals surface area contributed by atoms with E-state index < -0.39 is 0 Å². The van der Waals surface area contributed by atoms with Crippen molar-refractivity contribution in [3.63, 3.8) is 0 Å². The van der Waals surface area contributed by atoms with Crippen LogP contribution < -0.4 is 17.0 Å². The minimum Gasteiger partial charge on any atom is -1.00 e. The zero-order chi connectivity index (χ0) is 16.5. The summed E-state index contributed by atoms with van der Waals surface area (Å²) in [5.74, 6) is 0.498. The Morgan fingerprint density at radius 2 is 2.04 bits per heavy atom. The molecule has 2 aromatic rings. The zero-order valence-electron chi connectivity index (χ0n) is 14.8. The van der Waals surface area contributed by atoms with E-state index >= 15 is 0 Å². The van der Waals surface area contributed by atoms with Crippen LogP contribution >= 0.6 is 0 Å². The fourth-order valence-electron chi connectivity index (χ4n) is 3.67. The van der Waals surface area contributed by atoms with Crippen LogP contribution in [-0.2, 0) is 0 Å². The summed E-state index contributed by atoms with van der Waals surface area (Å²) in [6.07, 6.45) is 3.96. The molecule has 0 amide bonds. The number of carbonyl (C=O) groups is 1. The number of pyridine rings is 1. The normalized spacial score (nSPS) is 12.7. The third-order valence-corrected chi connectivity index (χ3v) is 4.35. The maximum Gasteiger partial charge on any atom is 0.176 e. The molecule has 2 aromatic heterocycles. The Hall–Kier alpha value is -1.39. The predicted molar refractivity (Wildman–Crippen MR) is 92.6 cm³/mol. The van der Waals surface area contributed by atoms with E-state index in [0.717, 1.165) is 34.3 Å². The van der Waals surface area contributed by atoms with Crippen LogP contribution in [0.15, 0.2) is 37.1 Å². The number of fused-ring (bicyclic) bond motifs is 1. The van der Waals surface area contributed by atoms with Gasteiger partial charge in [0, 0.05) is 24.6 Å². The smallest absolute Gasteiger partial charge is 0.176 e. The first-order valence-corrected chi connectivity index (χ1v) is 7.82. The molecule has 0 radical (unpaired) electrons. The van der Waals surface area contributed by atoms with Crippen LogP contribution in [0.1, 0.15) is 41.4 Å². The Bertz CT molecular complexity index is 715. The third-order valence-electron chi connectivity index (χ3n) is 4.35. The minimum absolute atomic E-state index is 0. The van der Waals surface area contributed by atoms with Gasteiger partial charge < -0.3 is 25.9 Å². The van der Waals surface area contributed by atoms with Gasteiger partial charge in [0.15, 0.2) is 5.78 Å². The molecular weight excluding hydrogens is 352 g/mol. The molecule has 126 valence electrons. The highest BCUT2D eigenvalue weighted by Crippen LogP contribution is 2.31. The second-order valence-electron chi connectivity index (χ2n) is 6.89. The first-order chi connectivity index (χ1) is 10.3. The topological polar surface area (TPSA) is 21.5 Å². The summed E-state index contributed by atoms with van der Waals surface area (Å²) < 4.78 is 2.93. The van der Waals surface area contributed by atoms with Crippen LogP contribution in [0, 0.1) is 6.92 Å². The summed E-state index contributed by atoms with van der Waals surface area (Å²) in [4.78, 5) is 12.1. The van der Waals surface area contributed by atoms with Crippen LogP contribution in [0.25, 0.3) is 5.52 Å². The summed E-state index contributed by atoms with van der Waals surface area (Å²) in [5.41, 5.74) is 4.37. The monoisotopic (exact) mass is 378 g/mol. The molecule has 0 N–H and O–H groups in total. The van der Waals surface area contributed by atoms with Gasteiger partial charge in [-0.05, 0) is 36.3 Å². The number of likely N-dealkylation sites (N-methyl/N-ethyl adjacent to an activating group) is 1. The van der Waals surface area contributed by atoms with E-state index in [1.807, 2.05) is 28.8 Å². The molecule has 0 saturated heterocycles. The van der Waals surface area contributed by atoms with E-state index in [-0.39, 0.29) is 22.8 Å². The molecule has 4 heteroatoms. The molecule has 2 rings (SSSR count). The fourth-order valence-corrected chi connectivity index (χ4v) is 3.67. The number of hydrogen-bond donors (Lipinski definition) is 0. The first kappa shape index (κ1) is 19.7. The van der Waals surface area contributed by atoms with Gasteiger partial charge in [0.05, 0.1) is 32.9 Å². The van der Waals surface area contributed by atoms with Gasteiger partial charge in [0.1, 0.15) is 0 Å². The molecule has 3 nitrogen and oxygen atoms in total. The summed E-state index contributed by atoms with van der Waals surface area (Å²) in [7, 11) is 4.44. The number of quaternary nitrogens is 1. The Morgan fingerprint density at radius 1 is 1.39 bits per heavy atom. The predicted octanol–water partition coefficient (Wildman–Crippen LogP) is 0.820. The molecule has 1 unspecified atom stereocenters. The second-order valence-corrected chi connectivity index (χ2v) is 6.89. The van der Waals surface area contributed by atoms with Crippen molar-refractivity contribution in [3.8, 4) is 0 Å². The van der Waals surface area contributed by atoms with Crippen molar-refractivity contribution in [2.24, 2.45) is 0 Å². The fraction of sp³-hybridized carbons (Fsp3) is 0.421. The summed E-state index contributed by atoms with van der Waals surface area (Å²) in [6.45, 7) is 11.8. The molecule has 0 bridgehead atoms. The summed E-state index contributed by atoms with van der Waals surface area (Å²) >= 11 is 0. The molecule has 2 heterocycles. The Kier molecular flexibility index (Phi) is 6.37. The van der Waals surface area contributed by atoms with Crippen molar-refractivity contribution >= 4 is 11.3 Å². The van der Waals surface area contributed by atoms with E-state index in [2.05, 4.69) is 40.6 Å². The molecule has 23 heavy (non-hydrogen) atoms. The zero-order valence-corrected chi connectivity index (χ0v) is 16.4. The van der Waals surface area contributed by atoms with Crippen molar-refractivity contribution in [2.45, 2.75) is 26.7 Å². The van der Waals surface area contributed by atoms with Crippen LogP contribution in [-0.4, -0.2) is 41.9 Å². The maximum atomic E-state index is 12.1. The Balaban J connectivity index is 0.00000264. The number of hydrogen-bond acceptors (Lipinski definition) is 1. The largest absolute Gasteiger partial charge is 1.00 e. The molecular formula is C19H27BrN2O. The van der Waals surface area contributed by atoms with Gasteiger partial charge in [-0.15, -0.1) is 0 Å². The molecule has 0 spiro atoms. The molecule has 0 saturated carbocycles. The lowest BCUT2D eigenvalue weighted by Gasteiger charge is -2.31. The average Bonchev–Trinajstić information content (AvgIpc) is 2.69. The summed E-state index contributed by atoms with van der Waals surface area (Å²) in [6, 6.07) is 6.13. The lowest BCUT2D eigenvalue weighted by molar-refractivity contribution is -0.885. The van der Waals surface area contributed by atoms with Gasteiger partial charge in [-0.2, -0.15) is 0 Å². The van der Waals surface area contributed by atoms with Gasteiger partial charge in [-0.1, -0.05) is 19.6 Å². The molecule has 0 fully saturated rings. The summed E-state index contributed by atoms with van der Waals surface area (Å²) in [5, 5.41) is 0. The third kappa shape index (κ3) is 3.93. The van der Waals surface area contributed by atoms with Gasteiger partial charge >= 0.3 is 0 Å². The molecule has 0 aromatic carbocycles. The standard InChI is InChI=1S/C19H27N2O.BrH/c1-7-12-21(5,6)13-14(2)18-15(3)19(16(4)22)20-11-9-8-10-17(18)20;/h7-11,14H,1,12-13H2,2-6H3;1H/q+1;/p-1. The van der Waals surface area contributed by atoms with Crippen molar-refractivity contribution < 1.29 is 26.3 Å². The minimum atomic E-state index is 0. The highest BCUT2D eigenvalue weighted by Gasteiger charge is 2.26. The van der Waals surface area contributed by atoms with Gasteiger partial charge in [0.2, 0.25) is 0 Å². The Morgan fingerprint density at radius 3 is 2.61 bits per heavy atom. The number of ketones is 1. The molecule has 1 atom stereocenters. The quantitative estimate of drug-likeness (QED) is 0.414. The lowest BCUT2D eigenvalue weighted by atomic mass is 9.96. The number of aromatic nitrogens is 1. The number of carbonyl (C=O) groups excluding carboxylic acids is 1. The Labute approximate surface area is 150 Å². The van der Waals surface area contributed by atoms with Crippen molar-refractivity contribution in [3.05, 3.63) is 53.9 Å². The van der Waals surface area contributed by atoms with Crippen LogP contribution in [0.2, 0.25) is 0 Å². The average molecular weight is 379 g/mol. The van der Waals surface area contributed by atoms with Crippen LogP contribution in [0.4, 0.5) is 0 Å². The van der Waals surface area contributed by atoms with Gasteiger partial charge in [-0.3, -0.25) is 4.79 Å². The second kappa shape index (κ2) is 7.45. The van der Waals surface area contributed by atoms with E-state index in [0.29, 0.717) is 5.92 Å². The number of halogens is 1. The van der Waals surface area contributed by atoms with Crippen molar-refractivity contribution in [2.75, 3.05) is 27.2 Å².